The summed E-state index contributed by atoms with van der Waals surface area (Å²) in [5.41, 5.74) is 3.44. The largest absolute Gasteiger partial charge is 0.496 e. The number of guanidine groups is 1. The predicted molar refractivity (Wildman–Crippen MR) is 121 cm³/mol. The van der Waals surface area contributed by atoms with Crippen LogP contribution in [0.25, 0.3) is 0 Å². The minimum absolute atomic E-state index is 0. The van der Waals surface area contributed by atoms with E-state index in [0.717, 1.165) is 35.5 Å². The van der Waals surface area contributed by atoms with Crippen LogP contribution >= 0.6 is 35.3 Å². The van der Waals surface area contributed by atoms with Gasteiger partial charge < -0.3 is 20.3 Å². The molecule has 2 aromatic rings. The van der Waals surface area contributed by atoms with Gasteiger partial charge in [0.15, 0.2) is 11.1 Å². The molecule has 2 rings (SSSR count). The molecule has 0 amide bonds. The summed E-state index contributed by atoms with van der Waals surface area (Å²) in [6, 6.07) is 6.24. The molecule has 0 atom stereocenters. The normalized spacial score (nSPS) is 10.9. The summed E-state index contributed by atoms with van der Waals surface area (Å²) in [7, 11) is 7.47. The summed E-state index contributed by atoms with van der Waals surface area (Å²) < 4.78 is 5.43. The first kappa shape index (κ1) is 22.5. The second-order valence-corrected chi connectivity index (χ2v) is 6.77. The maximum absolute atomic E-state index is 5.43. The molecule has 0 saturated heterocycles. The van der Waals surface area contributed by atoms with Crippen molar-refractivity contribution in [2.75, 3.05) is 39.7 Å². The van der Waals surface area contributed by atoms with Gasteiger partial charge in [0.25, 0.3) is 0 Å². The number of aryl methyl sites for hydroxylation is 1. The molecule has 0 bridgehead atoms. The zero-order valence-electron chi connectivity index (χ0n) is 16.0. The van der Waals surface area contributed by atoms with Crippen molar-refractivity contribution in [2.45, 2.75) is 19.9 Å². The van der Waals surface area contributed by atoms with Gasteiger partial charge in [0.2, 0.25) is 0 Å². The van der Waals surface area contributed by atoms with E-state index in [4.69, 9.17) is 4.74 Å². The van der Waals surface area contributed by atoms with Crippen LogP contribution in [-0.4, -0.2) is 45.7 Å². The lowest BCUT2D eigenvalue weighted by atomic mass is 10.1. The topological polar surface area (TPSA) is 61.8 Å². The van der Waals surface area contributed by atoms with Gasteiger partial charge >= 0.3 is 0 Å². The monoisotopic (exact) mass is 489 g/mol. The summed E-state index contributed by atoms with van der Waals surface area (Å²) in [4.78, 5) is 10.8. The Morgan fingerprint density at radius 1 is 1.31 bits per heavy atom. The standard InChI is InChI=1S/C18H27N5OS.HI/c1-13-6-7-16(24-5)14(10-13)8-9-20-17(19-2)21-11-15-12-25-18(22-15)23(3)4;/h6-7,10,12H,8-9,11H2,1-5H3,(H2,19,20,21);1H. The maximum Gasteiger partial charge on any atom is 0.191 e. The Bertz CT molecular complexity index is 717. The van der Waals surface area contributed by atoms with E-state index in [1.807, 2.05) is 25.1 Å². The molecular formula is C18H28IN5OS. The van der Waals surface area contributed by atoms with Crippen molar-refractivity contribution < 1.29 is 4.74 Å². The minimum atomic E-state index is 0. The molecule has 0 fully saturated rings. The van der Waals surface area contributed by atoms with Crippen LogP contribution in [0, 0.1) is 6.92 Å². The van der Waals surface area contributed by atoms with Crippen LogP contribution < -0.4 is 20.3 Å². The molecule has 0 unspecified atom stereocenters. The van der Waals surface area contributed by atoms with Crippen molar-refractivity contribution in [1.29, 1.82) is 0 Å². The molecule has 0 aliphatic heterocycles. The van der Waals surface area contributed by atoms with E-state index in [1.54, 1.807) is 25.5 Å². The SMILES string of the molecule is CN=C(NCCc1cc(C)ccc1OC)NCc1csc(N(C)C)n1.I. The van der Waals surface area contributed by atoms with Gasteiger partial charge in [0.05, 0.1) is 19.3 Å². The van der Waals surface area contributed by atoms with Crippen LogP contribution in [-0.2, 0) is 13.0 Å². The van der Waals surface area contributed by atoms with Gasteiger partial charge in [-0.05, 0) is 25.0 Å². The van der Waals surface area contributed by atoms with Crippen LogP contribution in [0.1, 0.15) is 16.8 Å². The number of hydrogen-bond acceptors (Lipinski definition) is 5. The first-order chi connectivity index (χ1) is 12.0. The Morgan fingerprint density at radius 3 is 2.69 bits per heavy atom. The Morgan fingerprint density at radius 2 is 2.08 bits per heavy atom. The minimum Gasteiger partial charge on any atom is -0.496 e. The molecule has 8 heteroatoms. The van der Waals surface area contributed by atoms with Gasteiger partial charge in [-0.25, -0.2) is 4.98 Å². The average Bonchev–Trinajstić information content (AvgIpc) is 3.07. The van der Waals surface area contributed by atoms with Gasteiger partial charge in [0.1, 0.15) is 5.75 Å². The number of halogens is 1. The quantitative estimate of drug-likeness (QED) is 0.356. The van der Waals surface area contributed by atoms with Crippen molar-refractivity contribution in [3.63, 3.8) is 0 Å². The summed E-state index contributed by atoms with van der Waals surface area (Å²) in [5.74, 6) is 1.69. The molecule has 0 aliphatic carbocycles. The summed E-state index contributed by atoms with van der Waals surface area (Å²) in [6.45, 7) is 3.52. The molecule has 0 aliphatic rings. The molecule has 144 valence electrons. The molecule has 0 spiro atoms. The summed E-state index contributed by atoms with van der Waals surface area (Å²) in [5, 5.41) is 9.70. The highest BCUT2D eigenvalue weighted by atomic mass is 127. The van der Waals surface area contributed by atoms with Crippen LogP contribution in [0.2, 0.25) is 0 Å². The van der Waals surface area contributed by atoms with E-state index in [2.05, 4.69) is 45.0 Å². The van der Waals surface area contributed by atoms with E-state index < -0.39 is 0 Å². The Hall–Kier alpha value is -1.55. The predicted octanol–water partition coefficient (Wildman–Crippen LogP) is 3.05. The lowest BCUT2D eigenvalue weighted by Crippen LogP contribution is -2.38. The smallest absolute Gasteiger partial charge is 0.191 e. The zero-order valence-corrected chi connectivity index (χ0v) is 19.1. The maximum atomic E-state index is 5.43. The molecule has 1 aromatic carbocycles. The number of hydrogen-bond donors (Lipinski definition) is 2. The number of ether oxygens (including phenoxy) is 1. The van der Waals surface area contributed by atoms with Crippen molar-refractivity contribution >= 4 is 46.4 Å². The third kappa shape index (κ3) is 6.64. The molecule has 0 radical (unpaired) electrons. The van der Waals surface area contributed by atoms with Crippen LogP contribution in [0.5, 0.6) is 5.75 Å². The second-order valence-electron chi connectivity index (χ2n) is 5.93. The van der Waals surface area contributed by atoms with Gasteiger partial charge in [-0.2, -0.15) is 0 Å². The highest BCUT2D eigenvalue weighted by molar-refractivity contribution is 14.0. The molecule has 2 N–H and O–H groups in total. The van der Waals surface area contributed by atoms with E-state index >= 15 is 0 Å². The lowest BCUT2D eigenvalue weighted by Gasteiger charge is -2.13. The Kier molecular flexibility index (Phi) is 9.71. The lowest BCUT2D eigenvalue weighted by molar-refractivity contribution is 0.409. The molecular weight excluding hydrogens is 461 g/mol. The van der Waals surface area contributed by atoms with E-state index in [0.29, 0.717) is 6.54 Å². The Labute approximate surface area is 177 Å². The van der Waals surface area contributed by atoms with Crippen molar-refractivity contribution in [3.8, 4) is 5.75 Å². The molecule has 1 aromatic heterocycles. The van der Waals surface area contributed by atoms with Crippen molar-refractivity contribution in [3.05, 3.63) is 40.4 Å². The fourth-order valence-corrected chi connectivity index (χ4v) is 3.15. The summed E-state index contributed by atoms with van der Waals surface area (Å²) >= 11 is 1.64. The highest BCUT2D eigenvalue weighted by Gasteiger charge is 2.06. The summed E-state index contributed by atoms with van der Waals surface area (Å²) in [6.07, 6.45) is 0.868. The first-order valence-electron chi connectivity index (χ1n) is 8.23. The van der Waals surface area contributed by atoms with Crippen LogP contribution in [0.4, 0.5) is 5.13 Å². The Balaban J connectivity index is 0.00000338. The number of anilines is 1. The molecule has 6 nitrogen and oxygen atoms in total. The number of aliphatic imine (C=N–C) groups is 1. The van der Waals surface area contributed by atoms with Crippen LogP contribution in [0.3, 0.4) is 0 Å². The second kappa shape index (κ2) is 11.2. The third-order valence-corrected chi connectivity index (χ3v) is 4.76. The van der Waals surface area contributed by atoms with Crippen LogP contribution in [0.15, 0.2) is 28.6 Å². The number of benzene rings is 1. The number of methoxy groups -OCH3 is 1. The fourth-order valence-electron chi connectivity index (χ4n) is 2.40. The van der Waals surface area contributed by atoms with Gasteiger partial charge in [-0.15, -0.1) is 35.3 Å². The zero-order chi connectivity index (χ0) is 18.2. The van der Waals surface area contributed by atoms with Crippen molar-refractivity contribution in [2.24, 2.45) is 4.99 Å². The number of nitrogens with zero attached hydrogens (tertiary/aromatic N) is 3. The number of nitrogens with one attached hydrogen (secondary N) is 2. The van der Waals surface area contributed by atoms with Gasteiger partial charge in [0, 0.05) is 33.1 Å². The molecule has 0 saturated carbocycles. The highest BCUT2D eigenvalue weighted by Crippen LogP contribution is 2.20. The fraction of sp³-hybridized carbons (Fsp3) is 0.444. The van der Waals surface area contributed by atoms with E-state index in [-0.39, 0.29) is 24.0 Å². The average molecular weight is 489 g/mol. The first-order valence-corrected chi connectivity index (χ1v) is 9.11. The van der Waals surface area contributed by atoms with Gasteiger partial charge in [-0.1, -0.05) is 17.7 Å². The third-order valence-electron chi connectivity index (χ3n) is 3.71. The van der Waals surface area contributed by atoms with Gasteiger partial charge in [-0.3, -0.25) is 4.99 Å². The molecule has 26 heavy (non-hydrogen) atoms. The molecule has 1 heterocycles. The van der Waals surface area contributed by atoms with E-state index in [9.17, 15) is 0 Å². The van der Waals surface area contributed by atoms with E-state index in [1.165, 1.54) is 11.1 Å². The van der Waals surface area contributed by atoms with Crippen molar-refractivity contribution in [1.82, 2.24) is 15.6 Å². The number of rotatable bonds is 7. The number of aromatic nitrogens is 1. The number of thiazole rings is 1.